The van der Waals surface area contributed by atoms with Crippen LogP contribution in [0, 0.1) is 0 Å². The summed E-state index contributed by atoms with van der Waals surface area (Å²) in [5.74, 6) is 0.213. The van der Waals surface area contributed by atoms with E-state index in [1.165, 1.54) is 0 Å². The van der Waals surface area contributed by atoms with Gasteiger partial charge in [0.1, 0.15) is 0 Å². The number of nitrogens with zero attached hydrogens (tertiary/aromatic N) is 2. The fourth-order valence-corrected chi connectivity index (χ4v) is 3.10. The summed E-state index contributed by atoms with van der Waals surface area (Å²) in [5, 5.41) is 26.3. The second-order valence-electron chi connectivity index (χ2n) is 7.58. The van der Waals surface area contributed by atoms with Crippen molar-refractivity contribution >= 4 is 22.8 Å². The third kappa shape index (κ3) is 4.68. The summed E-state index contributed by atoms with van der Waals surface area (Å²) in [7, 11) is 0. The molecule has 4 N–H and O–H groups in total. The lowest BCUT2D eigenvalue weighted by Gasteiger charge is -2.26. The molecule has 140 valence electrons. The van der Waals surface area contributed by atoms with Gasteiger partial charge in [-0.1, -0.05) is 12.1 Å². The minimum atomic E-state index is -0.979. The average molecular weight is 358 g/mol. The number of carbonyl (C=O) groups excluding carboxylic acids is 1. The first-order valence-electron chi connectivity index (χ1n) is 9.03. The van der Waals surface area contributed by atoms with Crippen LogP contribution in [0.5, 0.6) is 0 Å². The van der Waals surface area contributed by atoms with Crippen LogP contribution >= 0.6 is 0 Å². The highest BCUT2D eigenvalue weighted by Gasteiger charge is 2.21. The fraction of sp³-hybridized carbons (Fsp3) is 0.526. The summed E-state index contributed by atoms with van der Waals surface area (Å²) in [6.07, 6.45) is 4.78. The minimum absolute atomic E-state index is 0.156. The van der Waals surface area contributed by atoms with Gasteiger partial charge in [-0.25, -0.2) is 9.97 Å². The zero-order valence-corrected chi connectivity index (χ0v) is 15.2. The summed E-state index contributed by atoms with van der Waals surface area (Å²) in [5.41, 5.74) is 0.0541. The zero-order chi connectivity index (χ0) is 18.7. The van der Waals surface area contributed by atoms with E-state index in [1.54, 1.807) is 32.2 Å². The maximum atomic E-state index is 12.5. The quantitative estimate of drug-likeness (QED) is 0.650. The van der Waals surface area contributed by atoms with Gasteiger partial charge >= 0.3 is 0 Å². The number of hydrogen-bond donors (Lipinski definition) is 4. The fourth-order valence-electron chi connectivity index (χ4n) is 3.10. The zero-order valence-electron chi connectivity index (χ0n) is 15.2. The predicted molar refractivity (Wildman–Crippen MR) is 100 cm³/mol. The highest BCUT2D eigenvalue weighted by molar-refractivity contribution is 6.05. The molecular weight excluding hydrogens is 332 g/mol. The summed E-state index contributed by atoms with van der Waals surface area (Å²) in [4.78, 5) is 21.4. The molecule has 0 bridgehead atoms. The second-order valence-corrected chi connectivity index (χ2v) is 7.58. The Hall–Kier alpha value is -2.25. The van der Waals surface area contributed by atoms with Crippen molar-refractivity contribution in [2.45, 2.75) is 57.3 Å². The monoisotopic (exact) mass is 358 g/mol. The molecule has 1 aliphatic carbocycles. The molecule has 1 aromatic heterocycles. The lowest BCUT2D eigenvalue weighted by molar-refractivity contribution is 0.0695. The van der Waals surface area contributed by atoms with Crippen molar-refractivity contribution in [3.63, 3.8) is 0 Å². The number of carbonyl (C=O) groups is 1. The molecule has 0 aliphatic heterocycles. The Kier molecular flexibility index (Phi) is 5.38. The number of hydrogen-bond acceptors (Lipinski definition) is 6. The Morgan fingerprint density at radius 3 is 2.69 bits per heavy atom. The third-order valence-corrected chi connectivity index (χ3v) is 4.57. The first-order chi connectivity index (χ1) is 12.3. The SMILES string of the molecule is CC(C)(O)CNC(=O)c1cccc2cnc(N[C@H]3CC[C@H](O)CC3)nc12. The van der Waals surface area contributed by atoms with Crippen LogP contribution in [0.25, 0.3) is 10.9 Å². The molecule has 2 aromatic rings. The largest absolute Gasteiger partial charge is 0.393 e. The smallest absolute Gasteiger partial charge is 0.253 e. The van der Waals surface area contributed by atoms with Gasteiger partial charge in [0.15, 0.2) is 0 Å². The molecular formula is C19H26N4O3. The Labute approximate surface area is 152 Å². The van der Waals surface area contributed by atoms with Gasteiger partial charge in [-0.05, 0) is 45.6 Å². The van der Waals surface area contributed by atoms with Gasteiger partial charge in [0.2, 0.25) is 5.95 Å². The van der Waals surface area contributed by atoms with E-state index >= 15 is 0 Å². The van der Waals surface area contributed by atoms with E-state index in [1.807, 2.05) is 6.07 Å². The second kappa shape index (κ2) is 7.55. The number of aliphatic hydroxyl groups excluding tert-OH is 1. The average Bonchev–Trinajstić information content (AvgIpc) is 2.60. The number of para-hydroxylation sites is 1. The maximum Gasteiger partial charge on any atom is 0.253 e. The van der Waals surface area contributed by atoms with Crippen LogP contribution < -0.4 is 10.6 Å². The van der Waals surface area contributed by atoms with Crippen LogP contribution in [0.4, 0.5) is 5.95 Å². The molecule has 1 aliphatic rings. The Morgan fingerprint density at radius 2 is 2.00 bits per heavy atom. The molecule has 1 amide bonds. The minimum Gasteiger partial charge on any atom is -0.393 e. The van der Waals surface area contributed by atoms with E-state index in [0.717, 1.165) is 31.1 Å². The predicted octanol–water partition coefficient (Wildman–Crippen LogP) is 1.85. The summed E-state index contributed by atoms with van der Waals surface area (Å²) in [6.45, 7) is 3.44. The highest BCUT2D eigenvalue weighted by atomic mass is 16.3. The standard InChI is InChI=1S/C19H26N4O3/c1-19(2,26)11-21-17(25)15-5-3-4-12-10-20-18(23-16(12)15)22-13-6-8-14(24)9-7-13/h3-5,10,13-14,24,26H,6-9,11H2,1-2H3,(H,21,25)(H,20,22,23)/t13-,14-. The molecule has 0 radical (unpaired) electrons. The van der Waals surface area contributed by atoms with Gasteiger partial charge in [0.05, 0.1) is 22.8 Å². The number of fused-ring (bicyclic) bond motifs is 1. The van der Waals surface area contributed by atoms with Gasteiger partial charge < -0.3 is 20.8 Å². The maximum absolute atomic E-state index is 12.5. The normalized spacial score (nSPS) is 20.8. The molecule has 7 heteroatoms. The van der Waals surface area contributed by atoms with E-state index in [2.05, 4.69) is 20.6 Å². The molecule has 0 unspecified atom stereocenters. The molecule has 1 heterocycles. The summed E-state index contributed by atoms with van der Waals surface area (Å²) in [6, 6.07) is 5.60. The third-order valence-electron chi connectivity index (χ3n) is 4.57. The number of aliphatic hydroxyl groups is 2. The van der Waals surface area contributed by atoms with E-state index in [9.17, 15) is 15.0 Å². The van der Waals surface area contributed by atoms with Crippen LogP contribution in [0.15, 0.2) is 24.4 Å². The topological polar surface area (TPSA) is 107 Å². The van der Waals surface area contributed by atoms with Crippen molar-refractivity contribution in [1.82, 2.24) is 15.3 Å². The molecule has 1 aromatic carbocycles. The number of benzene rings is 1. The van der Waals surface area contributed by atoms with Crippen molar-refractivity contribution in [2.24, 2.45) is 0 Å². The Morgan fingerprint density at radius 1 is 1.27 bits per heavy atom. The van der Waals surface area contributed by atoms with E-state index in [-0.39, 0.29) is 24.6 Å². The van der Waals surface area contributed by atoms with Crippen molar-refractivity contribution in [3.05, 3.63) is 30.0 Å². The Balaban J connectivity index is 1.80. The number of aromatic nitrogens is 2. The van der Waals surface area contributed by atoms with Crippen LogP contribution in [0.3, 0.4) is 0 Å². The van der Waals surface area contributed by atoms with Crippen molar-refractivity contribution in [3.8, 4) is 0 Å². The molecule has 1 saturated carbocycles. The molecule has 0 spiro atoms. The summed E-state index contributed by atoms with van der Waals surface area (Å²) < 4.78 is 0. The molecule has 0 saturated heterocycles. The van der Waals surface area contributed by atoms with Crippen LogP contribution in [-0.4, -0.2) is 50.4 Å². The molecule has 3 rings (SSSR count). The molecule has 0 atom stereocenters. The molecule has 26 heavy (non-hydrogen) atoms. The van der Waals surface area contributed by atoms with Crippen LogP contribution in [0.1, 0.15) is 49.9 Å². The van der Waals surface area contributed by atoms with Crippen LogP contribution in [0.2, 0.25) is 0 Å². The van der Waals surface area contributed by atoms with E-state index in [4.69, 9.17) is 0 Å². The number of anilines is 1. The van der Waals surface area contributed by atoms with Crippen LogP contribution in [-0.2, 0) is 0 Å². The van der Waals surface area contributed by atoms with E-state index < -0.39 is 5.60 Å². The van der Waals surface area contributed by atoms with Crippen molar-refractivity contribution < 1.29 is 15.0 Å². The number of amides is 1. The van der Waals surface area contributed by atoms with Gasteiger partial charge in [0.25, 0.3) is 5.91 Å². The van der Waals surface area contributed by atoms with Crippen molar-refractivity contribution in [2.75, 3.05) is 11.9 Å². The number of nitrogens with one attached hydrogen (secondary N) is 2. The Bertz CT molecular complexity index is 780. The molecule has 1 fully saturated rings. The summed E-state index contributed by atoms with van der Waals surface area (Å²) >= 11 is 0. The first-order valence-corrected chi connectivity index (χ1v) is 9.03. The van der Waals surface area contributed by atoms with Gasteiger partial charge in [-0.15, -0.1) is 0 Å². The van der Waals surface area contributed by atoms with Crippen molar-refractivity contribution in [1.29, 1.82) is 0 Å². The van der Waals surface area contributed by atoms with E-state index in [0.29, 0.717) is 17.0 Å². The van der Waals surface area contributed by atoms with Gasteiger partial charge in [0, 0.05) is 24.2 Å². The first kappa shape index (κ1) is 18.5. The molecule has 7 nitrogen and oxygen atoms in total. The van der Waals surface area contributed by atoms with Gasteiger partial charge in [-0.3, -0.25) is 4.79 Å². The number of rotatable bonds is 5. The lowest BCUT2D eigenvalue weighted by Crippen LogP contribution is -2.38. The highest BCUT2D eigenvalue weighted by Crippen LogP contribution is 2.22. The lowest BCUT2D eigenvalue weighted by atomic mass is 9.93. The van der Waals surface area contributed by atoms with Gasteiger partial charge in [-0.2, -0.15) is 0 Å².